The fraction of sp³-hybridized carbons (Fsp3) is 0.667. The minimum Gasteiger partial charge on any atom is -0.462 e. The van der Waals surface area contributed by atoms with Gasteiger partial charge >= 0.3 is 19.8 Å². The molecular weight excluding hydrogens is 549 g/mol. The second-order valence-corrected chi connectivity index (χ2v) is 12.2. The van der Waals surface area contributed by atoms with Crippen LogP contribution < -0.4 is 0 Å². The highest BCUT2D eigenvalue weighted by Gasteiger charge is 2.26. The maximum atomic E-state index is 12.2. The largest absolute Gasteiger partial charge is 0.472 e. The number of rotatable bonds is 24. The highest BCUT2D eigenvalue weighted by molar-refractivity contribution is 7.47. The third-order valence-electron chi connectivity index (χ3n) is 5.50. The predicted octanol–water partition coefficient (Wildman–Crippen LogP) is 5.42. The molecule has 10 nitrogen and oxygen atoms in total. The summed E-state index contributed by atoms with van der Waals surface area (Å²) in [5, 5.41) is 9.97. The molecule has 11 heteroatoms. The first-order chi connectivity index (χ1) is 19.3. The number of likely N-dealkylation sites (N-methyl/N-ethyl adjacent to an activating group) is 1. The third-order valence-corrected chi connectivity index (χ3v) is 6.48. The van der Waals surface area contributed by atoms with E-state index in [2.05, 4.69) is 13.0 Å². The molecule has 2 N–H and O–H groups in total. The zero-order valence-electron chi connectivity index (χ0n) is 25.6. The number of hydrogen-bond acceptors (Lipinski definition) is 8. The summed E-state index contributed by atoms with van der Waals surface area (Å²) < 4.78 is 32.8. The number of ether oxygens (including phenoxy) is 2. The lowest BCUT2D eigenvalue weighted by molar-refractivity contribution is -0.870. The van der Waals surface area contributed by atoms with Crippen LogP contribution in [0.4, 0.5) is 0 Å². The molecule has 0 spiro atoms. The molecule has 0 fully saturated rings. The highest BCUT2D eigenvalue weighted by Crippen LogP contribution is 2.43. The van der Waals surface area contributed by atoms with Crippen LogP contribution in [0.1, 0.15) is 71.6 Å². The molecule has 0 saturated heterocycles. The van der Waals surface area contributed by atoms with Crippen molar-refractivity contribution in [3.05, 3.63) is 48.6 Å². The summed E-state index contributed by atoms with van der Waals surface area (Å²) in [6, 6.07) is 0. The van der Waals surface area contributed by atoms with Gasteiger partial charge in [0.15, 0.2) is 6.10 Å². The Morgan fingerprint density at radius 3 is 2.32 bits per heavy atom. The second kappa shape index (κ2) is 23.5. The van der Waals surface area contributed by atoms with E-state index in [-0.39, 0.29) is 19.6 Å². The van der Waals surface area contributed by atoms with Gasteiger partial charge in [-0.3, -0.25) is 18.6 Å². The molecule has 0 radical (unpaired) electrons. The molecule has 0 aliphatic carbocycles. The van der Waals surface area contributed by atoms with Gasteiger partial charge in [-0.2, -0.15) is 0 Å². The fourth-order valence-electron chi connectivity index (χ4n) is 3.16. The molecule has 0 amide bonds. The van der Waals surface area contributed by atoms with E-state index < -0.39 is 38.6 Å². The Morgan fingerprint density at radius 1 is 0.927 bits per heavy atom. The third kappa shape index (κ3) is 27.9. The summed E-state index contributed by atoms with van der Waals surface area (Å²) in [4.78, 5) is 33.3. The lowest BCUT2D eigenvalue weighted by Gasteiger charge is -2.24. The lowest BCUT2D eigenvalue weighted by atomic mass is 10.2. The fourth-order valence-corrected chi connectivity index (χ4v) is 3.90. The number of quaternary nitrogens is 1. The molecule has 0 rings (SSSR count). The summed E-state index contributed by atoms with van der Waals surface area (Å²) in [6.07, 6.45) is 21.4. The summed E-state index contributed by atoms with van der Waals surface area (Å²) in [5.74, 6) is -1.11. The first-order valence-electron chi connectivity index (χ1n) is 14.4. The topological polar surface area (TPSA) is 129 Å². The van der Waals surface area contributed by atoms with Crippen molar-refractivity contribution >= 4 is 19.8 Å². The lowest BCUT2D eigenvalue weighted by Crippen LogP contribution is -2.37. The Hall–Kier alpha value is -2.07. The zero-order valence-corrected chi connectivity index (χ0v) is 26.5. The molecule has 0 saturated carbocycles. The van der Waals surface area contributed by atoms with Gasteiger partial charge in [0.1, 0.15) is 19.8 Å². The van der Waals surface area contributed by atoms with Crippen molar-refractivity contribution in [3.8, 4) is 0 Å². The van der Waals surface area contributed by atoms with E-state index in [1.165, 1.54) is 26.2 Å². The Bertz CT molecular complexity index is 878. The molecule has 0 heterocycles. The van der Waals surface area contributed by atoms with Crippen LogP contribution in [0.25, 0.3) is 0 Å². The number of unbranched alkanes of at least 4 members (excludes halogenated alkanes) is 4. The van der Waals surface area contributed by atoms with E-state index in [9.17, 15) is 24.2 Å². The molecule has 0 aromatic rings. The summed E-state index contributed by atoms with van der Waals surface area (Å²) >= 11 is 0. The number of aliphatic hydroxyl groups is 1. The summed E-state index contributed by atoms with van der Waals surface area (Å²) in [5.41, 5.74) is 0. The number of carbonyl (C=O) groups is 2. The molecule has 236 valence electrons. The first-order valence-corrected chi connectivity index (χ1v) is 15.9. The Kier molecular flexibility index (Phi) is 22.3. The SMILES string of the molecule is CCCCC/C=C\C=C/[C@H](O)C/C=C\C/C=C/CCCC(=O)O[C@H](COC(C)=O)COP(=O)(O)OCC[N+](C)(C)C. The number of nitrogens with zero attached hydrogens (tertiary/aromatic N) is 1. The average molecular weight is 603 g/mol. The summed E-state index contributed by atoms with van der Waals surface area (Å²) in [7, 11) is 1.38. The van der Waals surface area contributed by atoms with Gasteiger partial charge in [0.25, 0.3) is 0 Å². The Balaban J connectivity index is 4.29. The normalized spacial score (nSPS) is 15.6. The van der Waals surface area contributed by atoms with Crippen LogP contribution in [0, 0.1) is 0 Å². The number of aliphatic hydroxyl groups excluding tert-OH is 1. The van der Waals surface area contributed by atoms with Gasteiger partial charge in [-0.05, 0) is 38.5 Å². The summed E-state index contributed by atoms with van der Waals surface area (Å²) in [6.45, 7) is 3.13. The van der Waals surface area contributed by atoms with Crippen LogP contribution in [0.3, 0.4) is 0 Å². The number of hydrogen-bond donors (Lipinski definition) is 2. The van der Waals surface area contributed by atoms with Crippen molar-refractivity contribution in [1.29, 1.82) is 0 Å². The number of allylic oxidation sites excluding steroid dienone is 6. The van der Waals surface area contributed by atoms with Crippen molar-refractivity contribution < 1.29 is 47.2 Å². The van der Waals surface area contributed by atoms with Crippen LogP contribution in [0.15, 0.2) is 48.6 Å². The van der Waals surface area contributed by atoms with Crippen LogP contribution in [-0.2, 0) is 32.7 Å². The van der Waals surface area contributed by atoms with Crippen molar-refractivity contribution in [2.75, 3.05) is 47.5 Å². The predicted molar refractivity (Wildman–Crippen MR) is 161 cm³/mol. The standard InChI is InChI=1S/C30H52NO9P/c1-6-7-8-9-11-14-17-20-28(33)21-18-15-12-10-13-16-19-22-30(34)40-29(25-37-27(2)32)26-39-41(35,36)38-24-23-31(3,4)5/h10-11,13-15,17-18,20,28-29,33H,6-9,12,16,19,21-26H2,1-5H3/p+1/b13-10+,14-11-,18-15-,20-17-/t28-,29+/m0/s1. The van der Waals surface area contributed by atoms with Gasteiger partial charge in [0, 0.05) is 13.3 Å². The Labute approximate surface area is 246 Å². The maximum absolute atomic E-state index is 12.2. The zero-order chi connectivity index (χ0) is 31.0. The molecule has 41 heavy (non-hydrogen) atoms. The van der Waals surface area contributed by atoms with E-state index in [1.54, 1.807) is 6.08 Å². The van der Waals surface area contributed by atoms with E-state index in [0.29, 0.717) is 30.3 Å². The van der Waals surface area contributed by atoms with Crippen LogP contribution in [0.2, 0.25) is 0 Å². The smallest absolute Gasteiger partial charge is 0.462 e. The Morgan fingerprint density at radius 2 is 1.63 bits per heavy atom. The quantitative estimate of drug-likeness (QED) is 0.0372. The van der Waals surface area contributed by atoms with Crippen LogP contribution >= 0.6 is 7.82 Å². The molecule has 0 bridgehead atoms. The number of esters is 2. The van der Waals surface area contributed by atoms with Gasteiger partial charge in [0.05, 0.1) is 33.9 Å². The number of phosphoric ester groups is 1. The van der Waals surface area contributed by atoms with Gasteiger partial charge in [0.2, 0.25) is 0 Å². The second-order valence-electron chi connectivity index (χ2n) is 10.7. The van der Waals surface area contributed by atoms with Crippen molar-refractivity contribution in [2.45, 2.75) is 83.8 Å². The van der Waals surface area contributed by atoms with Crippen LogP contribution in [-0.4, -0.2) is 86.1 Å². The molecule has 0 aromatic heterocycles. The number of carbonyl (C=O) groups excluding carboxylic acids is 2. The van der Waals surface area contributed by atoms with Gasteiger partial charge in [-0.15, -0.1) is 0 Å². The van der Waals surface area contributed by atoms with E-state index in [4.69, 9.17) is 18.5 Å². The van der Waals surface area contributed by atoms with Crippen molar-refractivity contribution in [3.63, 3.8) is 0 Å². The molecule has 0 aliphatic heterocycles. The molecule has 0 aliphatic rings. The molecular formula is C30H53NO9P+. The maximum Gasteiger partial charge on any atom is 0.472 e. The monoisotopic (exact) mass is 602 g/mol. The van der Waals surface area contributed by atoms with E-state index >= 15 is 0 Å². The van der Waals surface area contributed by atoms with Gasteiger partial charge in [-0.1, -0.05) is 68.4 Å². The number of phosphoric acid groups is 1. The van der Waals surface area contributed by atoms with Crippen molar-refractivity contribution in [1.82, 2.24) is 0 Å². The molecule has 1 unspecified atom stereocenters. The van der Waals surface area contributed by atoms with Gasteiger partial charge < -0.3 is 24.0 Å². The van der Waals surface area contributed by atoms with Crippen LogP contribution in [0.5, 0.6) is 0 Å². The first kappa shape index (κ1) is 38.9. The minimum absolute atomic E-state index is 0.00537. The van der Waals surface area contributed by atoms with E-state index in [0.717, 1.165) is 12.8 Å². The highest BCUT2D eigenvalue weighted by atomic mass is 31.2. The average Bonchev–Trinajstić information content (AvgIpc) is 2.87. The minimum atomic E-state index is -4.36. The van der Waals surface area contributed by atoms with E-state index in [1.807, 2.05) is 57.6 Å². The van der Waals surface area contributed by atoms with Gasteiger partial charge in [-0.25, -0.2) is 4.57 Å². The molecule has 3 atom stereocenters. The van der Waals surface area contributed by atoms with Crippen molar-refractivity contribution in [2.24, 2.45) is 0 Å². The molecule has 0 aromatic carbocycles.